The quantitative estimate of drug-likeness (QED) is 0.725. The number of phenols is 1. The van der Waals surface area contributed by atoms with E-state index in [0.717, 1.165) is 0 Å². The van der Waals surface area contributed by atoms with Crippen LogP contribution in [-0.4, -0.2) is 23.7 Å². The number of carbonyl (C=O) groups is 1. The van der Waals surface area contributed by atoms with Crippen LogP contribution in [0.2, 0.25) is 0 Å². The Bertz CT molecular complexity index is 351. The normalized spacial score (nSPS) is 20.6. The molecule has 1 aliphatic rings. The summed E-state index contributed by atoms with van der Waals surface area (Å²) in [7, 11) is 0. The van der Waals surface area contributed by atoms with Crippen molar-refractivity contribution in [1.82, 2.24) is 5.32 Å². The maximum atomic E-state index is 11.2. The first kappa shape index (κ1) is 8.87. The van der Waals surface area contributed by atoms with Crippen LogP contribution >= 0.6 is 0 Å². The topological polar surface area (TPSA) is 58.6 Å². The van der Waals surface area contributed by atoms with Gasteiger partial charge in [-0.1, -0.05) is 6.07 Å². The van der Waals surface area contributed by atoms with Gasteiger partial charge in [0.2, 0.25) is 0 Å². The Balaban J connectivity index is 2.07. The third-order valence-electron chi connectivity index (χ3n) is 2.09. The predicted octanol–water partition coefficient (Wildman–Crippen LogP) is 0.659. The average molecular weight is 193 g/mol. The van der Waals surface area contributed by atoms with Gasteiger partial charge in [-0.2, -0.15) is 0 Å². The predicted molar refractivity (Wildman–Crippen MR) is 50.1 cm³/mol. The number of aromatic hydroxyl groups is 1. The van der Waals surface area contributed by atoms with E-state index in [4.69, 9.17) is 4.74 Å². The highest BCUT2D eigenvalue weighted by Crippen LogP contribution is 2.20. The summed E-state index contributed by atoms with van der Waals surface area (Å²) in [5, 5.41) is 11.9. The molecule has 1 aromatic rings. The van der Waals surface area contributed by atoms with Crippen molar-refractivity contribution in [3.8, 4) is 11.5 Å². The van der Waals surface area contributed by atoms with Crippen molar-refractivity contribution in [2.45, 2.75) is 12.5 Å². The van der Waals surface area contributed by atoms with Gasteiger partial charge in [-0.25, -0.2) is 0 Å². The second-order valence-electron chi connectivity index (χ2n) is 3.18. The van der Waals surface area contributed by atoms with E-state index < -0.39 is 6.10 Å². The molecule has 1 saturated heterocycles. The summed E-state index contributed by atoms with van der Waals surface area (Å²) in [4.78, 5) is 11.2. The zero-order valence-electron chi connectivity index (χ0n) is 7.56. The molecule has 1 amide bonds. The van der Waals surface area contributed by atoms with E-state index in [0.29, 0.717) is 18.7 Å². The Hall–Kier alpha value is -1.71. The fourth-order valence-electron chi connectivity index (χ4n) is 1.40. The van der Waals surface area contributed by atoms with E-state index in [9.17, 15) is 9.90 Å². The molecule has 1 atom stereocenters. The molecule has 4 heteroatoms. The van der Waals surface area contributed by atoms with Crippen molar-refractivity contribution in [1.29, 1.82) is 0 Å². The van der Waals surface area contributed by atoms with Crippen LogP contribution < -0.4 is 10.1 Å². The molecule has 0 bridgehead atoms. The number of nitrogens with one attached hydrogen (secondary N) is 1. The Morgan fingerprint density at radius 3 is 3.00 bits per heavy atom. The van der Waals surface area contributed by atoms with Gasteiger partial charge in [-0.15, -0.1) is 0 Å². The van der Waals surface area contributed by atoms with Gasteiger partial charge in [0.05, 0.1) is 0 Å². The molecule has 1 aliphatic heterocycles. The highest BCUT2D eigenvalue weighted by Gasteiger charge is 2.25. The Morgan fingerprint density at radius 2 is 2.36 bits per heavy atom. The molecule has 74 valence electrons. The monoisotopic (exact) mass is 193 g/mol. The SMILES string of the molecule is O=C1NCCC1Oc1cccc(O)c1. The van der Waals surface area contributed by atoms with Crippen molar-refractivity contribution < 1.29 is 14.6 Å². The second-order valence-corrected chi connectivity index (χ2v) is 3.18. The fraction of sp³-hybridized carbons (Fsp3) is 0.300. The lowest BCUT2D eigenvalue weighted by molar-refractivity contribution is -0.124. The molecule has 2 rings (SSSR count). The van der Waals surface area contributed by atoms with Crippen molar-refractivity contribution in [3.63, 3.8) is 0 Å². The molecular formula is C10H11NO3. The molecule has 0 aliphatic carbocycles. The summed E-state index contributed by atoms with van der Waals surface area (Å²) in [5.41, 5.74) is 0. The smallest absolute Gasteiger partial charge is 0.261 e. The third kappa shape index (κ3) is 1.79. The molecule has 1 fully saturated rings. The van der Waals surface area contributed by atoms with Gasteiger partial charge >= 0.3 is 0 Å². The maximum absolute atomic E-state index is 11.2. The van der Waals surface area contributed by atoms with Gasteiger partial charge in [0.1, 0.15) is 11.5 Å². The number of rotatable bonds is 2. The average Bonchev–Trinajstić information content (AvgIpc) is 2.52. The van der Waals surface area contributed by atoms with Gasteiger partial charge < -0.3 is 15.2 Å². The molecule has 0 radical (unpaired) electrons. The lowest BCUT2D eigenvalue weighted by atomic mass is 10.3. The summed E-state index contributed by atoms with van der Waals surface area (Å²) >= 11 is 0. The van der Waals surface area contributed by atoms with Gasteiger partial charge in [0.25, 0.3) is 5.91 Å². The van der Waals surface area contributed by atoms with E-state index in [-0.39, 0.29) is 11.7 Å². The number of amides is 1. The van der Waals surface area contributed by atoms with Crippen LogP contribution in [0.15, 0.2) is 24.3 Å². The Morgan fingerprint density at radius 1 is 1.50 bits per heavy atom. The molecule has 4 nitrogen and oxygen atoms in total. The number of benzene rings is 1. The Kier molecular flexibility index (Phi) is 2.26. The minimum Gasteiger partial charge on any atom is -0.508 e. The zero-order chi connectivity index (χ0) is 9.97. The van der Waals surface area contributed by atoms with E-state index >= 15 is 0 Å². The van der Waals surface area contributed by atoms with E-state index in [1.807, 2.05) is 0 Å². The number of phenolic OH excluding ortho intramolecular Hbond substituents is 1. The van der Waals surface area contributed by atoms with Crippen LogP contribution in [0.4, 0.5) is 0 Å². The van der Waals surface area contributed by atoms with Crippen molar-refractivity contribution >= 4 is 5.91 Å². The lowest BCUT2D eigenvalue weighted by Gasteiger charge is -2.10. The molecule has 0 spiro atoms. The molecule has 2 N–H and O–H groups in total. The molecule has 1 unspecified atom stereocenters. The zero-order valence-corrected chi connectivity index (χ0v) is 7.56. The highest BCUT2D eigenvalue weighted by molar-refractivity contribution is 5.83. The summed E-state index contributed by atoms with van der Waals surface area (Å²) in [6.07, 6.45) is 0.255. The summed E-state index contributed by atoms with van der Waals surface area (Å²) in [5.74, 6) is 0.571. The van der Waals surface area contributed by atoms with Crippen LogP contribution in [0, 0.1) is 0 Å². The number of hydrogen-bond acceptors (Lipinski definition) is 3. The minimum absolute atomic E-state index is 0.0895. The summed E-state index contributed by atoms with van der Waals surface area (Å²) in [6, 6.07) is 6.44. The van der Waals surface area contributed by atoms with Crippen LogP contribution in [0.5, 0.6) is 11.5 Å². The molecule has 14 heavy (non-hydrogen) atoms. The summed E-state index contributed by atoms with van der Waals surface area (Å²) < 4.78 is 5.40. The fourth-order valence-corrected chi connectivity index (χ4v) is 1.40. The van der Waals surface area contributed by atoms with Crippen LogP contribution in [0.1, 0.15) is 6.42 Å². The van der Waals surface area contributed by atoms with E-state index in [2.05, 4.69) is 5.32 Å². The molecule has 1 aromatic carbocycles. The minimum atomic E-state index is -0.420. The van der Waals surface area contributed by atoms with Gasteiger partial charge in [0.15, 0.2) is 6.10 Å². The number of carbonyl (C=O) groups excluding carboxylic acids is 1. The largest absolute Gasteiger partial charge is 0.508 e. The molecular weight excluding hydrogens is 182 g/mol. The molecule has 0 aromatic heterocycles. The molecule has 0 saturated carbocycles. The summed E-state index contributed by atoms with van der Waals surface area (Å²) in [6.45, 7) is 0.655. The van der Waals surface area contributed by atoms with Crippen LogP contribution in [0.3, 0.4) is 0 Å². The Labute approximate surface area is 81.5 Å². The van der Waals surface area contributed by atoms with Gasteiger partial charge in [0, 0.05) is 19.0 Å². The third-order valence-corrected chi connectivity index (χ3v) is 2.09. The number of hydrogen-bond donors (Lipinski definition) is 2. The van der Waals surface area contributed by atoms with Crippen LogP contribution in [0.25, 0.3) is 0 Å². The van der Waals surface area contributed by atoms with Crippen molar-refractivity contribution in [2.75, 3.05) is 6.54 Å². The molecule has 1 heterocycles. The maximum Gasteiger partial charge on any atom is 0.261 e. The lowest BCUT2D eigenvalue weighted by Crippen LogP contribution is -2.27. The van der Waals surface area contributed by atoms with Crippen molar-refractivity contribution in [2.24, 2.45) is 0 Å². The van der Waals surface area contributed by atoms with E-state index in [1.54, 1.807) is 18.2 Å². The van der Waals surface area contributed by atoms with Crippen LogP contribution in [-0.2, 0) is 4.79 Å². The van der Waals surface area contributed by atoms with Gasteiger partial charge in [-0.3, -0.25) is 4.79 Å². The highest BCUT2D eigenvalue weighted by atomic mass is 16.5. The first-order valence-corrected chi connectivity index (χ1v) is 4.49. The standard InChI is InChI=1S/C10H11NO3/c12-7-2-1-3-8(6-7)14-9-4-5-11-10(9)13/h1-3,6,9,12H,4-5H2,(H,11,13). The van der Waals surface area contributed by atoms with E-state index in [1.165, 1.54) is 6.07 Å². The first-order chi connectivity index (χ1) is 6.75. The first-order valence-electron chi connectivity index (χ1n) is 4.49. The number of ether oxygens (including phenoxy) is 1. The second kappa shape index (κ2) is 3.57. The van der Waals surface area contributed by atoms with Crippen molar-refractivity contribution in [3.05, 3.63) is 24.3 Å². The van der Waals surface area contributed by atoms with Gasteiger partial charge in [-0.05, 0) is 12.1 Å².